The molecular weight excluding hydrogens is 310 g/mol. The average molecular weight is 333 g/mol. The lowest BCUT2D eigenvalue weighted by Crippen LogP contribution is -2.50. The van der Waals surface area contributed by atoms with Crippen molar-refractivity contribution < 1.29 is 32.4 Å². The molecule has 22 heavy (non-hydrogen) atoms. The van der Waals surface area contributed by atoms with Crippen molar-refractivity contribution >= 4 is 26.7 Å². The molecule has 1 aliphatic heterocycles. The van der Waals surface area contributed by atoms with Gasteiger partial charge in [-0.2, -0.15) is 0 Å². The van der Waals surface area contributed by atoms with Gasteiger partial charge in [-0.05, 0) is 13.0 Å². The van der Waals surface area contributed by atoms with Crippen molar-refractivity contribution in [2.75, 3.05) is 32.8 Å². The van der Waals surface area contributed by atoms with Crippen LogP contribution in [0.15, 0.2) is 0 Å². The predicted octanol–water partition coefficient (Wildman–Crippen LogP) is 0.337. The molecule has 0 atom stereocenters. The summed E-state index contributed by atoms with van der Waals surface area (Å²) in [5, 5.41) is 0. The number of hydrogen-bond donors (Lipinski definition) is 0. The van der Waals surface area contributed by atoms with E-state index in [1.54, 1.807) is 0 Å². The van der Waals surface area contributed by atoms with Gasteiger partial charge in [0.1, 0.15) is 0 Å². The minimum atomic E-state index is -3.68. The molecule has 1 heterocycles. The largest absolute Gasteiger partial charge is 0.705 e. The van der Waals surface area contributed by atoms with Crippen LogP contribution in [0.4, 0.5) is 0 Å². The number of morpholine rings is 1. The topological polar surface area (TPSA) is 91.4 Å². The molecule has 0 amide bonds. The molecule has 0 aromatic heterocycles. The molecule has 8 nitrogen and oxygen atoms in total. The summed E-state index contributed by atoms with van der Waals surface area (Å²) >= 11 is 0. The fraction of sp³-hybridized carbons (Fsp3) is 0.769. The summed E-state index contributed by atoms with van der Waals surface area (Å²) < 4.78 is 20.6. The molecule has 0 saturated carbocycles. The standard InChI is InChI=1S/C13H23NO7Si/c1-11(15)19-22(20-12(2)16,21-13(3)17)10-4-5-14-6-8-18-9-7-14/h4-10H2,1-3H3. The molecule has 0 spiro atoms. The number of carbonyl (C=O) groups excluding carboxylic acids is 3. The zero-order valence-electron chi connectivity index (χ0n) is 13.3. The number of carbonyl (C=O) groups is 3. The molecule has 0 aliphatic carbocycles. The van der Waals surface area contributed by atoms with Gasteiger partial charge in [-0.3, -0.25) is 19.3 Å². The maximum absolute atomic E-state index is 11.3. The smallest absolute Gasteiger partial charge is 0.455 e. The number of rotatable bonds is 7. The molecule has 1 aliphatic rings. The van der Waals surface area contributed by atoms with Gasteiger partial charge < -0.3 is 18.0 Å². The first-order valence-corrected chi connectivity index (χ1v) is 9.15. The maximum Gasteiger partial charge on any atom is 0.705 e. The Hall–Kier alpha value is -1.45. The molecule has 9 heteroatoms. The van der Waals surface area contributed by atoms with Crippen LogP contribution in [0.1, 0.15) is 27.2 Å². The van der Waals surface area contributed by atoms with Gasteiger partial charge >= 0.3 is 8.80 Å². The van der Waals surface area contributed by atoms with E-state index < -0.39 is 26.7 Å². The minimum absolute atomic E-state index is 0.211. The molecule has 126 valence electrons. The quantitative estimate of drug-likeness (QED) is 0.616. The van der Waals surface area contributed by atoms with Crippen molar-refractivity contribution in [3.8, 4) is 0 Å². The van der Waals surface area contributed by atoms with E-state index in [-0.39, 0.29) is 6.04 Å². The maximum atomic E-state index is 11.3. The average Bonchev–Trinajstić information content (AvgIpc) is 2.37. The lowest BCUT2D eigenvalue weighted by Gasteiger charge is -2.29. The van der Waals surface area contributed by atoms with Crippen LogP contribution >= 0.6 is 0 Å². The molecule has 1 fully saturated rings. The van der Waals surface area contributed by atoms with Crippen LogP contribution < -0.4 is 0 Å². The summed E-state index contributed by atoms with van der Waals surface area (Å²) in [6, 6.07) is 0.211. The fourth-order valence-electron chi connectivity index (χ4n) is 2.22. The monoisotopic (exact) mass is 333 g/mol. The van der Waals surface area contributed by atoms with Gasteiger partial charge in [0.25, 0.3) is 17.9 Å². The lowest BCUT2D eigenvalue weighted by molar-refractivity contribution is -0.147. The van der Waals surface area contributed by atoms with Crippen molar-refractivity contribution in [1.29, 1.82) is 0 Å². The molecular formula is C13H23NO7Si. The normalized spacial score (nSPS) is 16.0. The number of ether oxygens (including phenoxy) is 1. The van der Waals surface area contributed by atoms with Gasteiger partial charge in [0.2, 0.25) is 0 Å². The van der Waals surface area contributed by atoms with Crippen LogP contribution in [0.5, 0.6) is 0 Å². The van der Waals surface area contributed by atoms with Crippen molar-refractivity contribution in [3.05, 3.63) is 0 Å². The van der Waals surface area contributed by atoms with Crippen LogP contribution in [0.3, 0.4) is 0 Å². The third-order valence-electron chi connectivity index (χ3n) is 2.96. The molecule has 0 aromatic carbocycles. The van der Waals surface area contributed by atoms with E-state index in [1.807, 2.05) is 0 Å². The Kier molecular flexibility index (Phi) is 7.49. The van der Waals surface area contributed by atoms with E-state index >= 15 is 0 Å². The van der Waals surface area contributed by atoms with Crippen molar-refractivity contribution in [2.45, 2.75) is 33.2 Å². The highest BCUT2D eigenvalue weighted by Gasteiger charge is 2.51. The van der Waals surface area contributed by atoms with Gasteiger partial charge in [0.05, 0.1) is 19.3 Å². The highest BCUT2D eigenvalue weighted by atomic mass is 28.4. The fourth-order valence-corrected chi connectivity index (χ4v) is 4.55. The van der Waals surface area contributed by atoms with E-state index in [1.165, 1.54) is 20.8 Å². The zero-order chi connectivity index (χ0) is 16.6. The third kappa shape index (κ3) is 7.01. The van der Waals surface area contributed by atoms with Crippen LogP contribution in [0.25, 0.3) is 0 Å². The van der Waals surface area contributed by atoms with Gasteiger partial charge in [-0.15, -0.1) is 0 Å². The molecule has 0 aromatic rings. The first-order chi connectivity index (χ1) is 10.3. The molecule has 1 rings (SSSR count). The van der Waals surface area contributed by atoms with Gasteiger partial charge in [0.15, 0.2) is 0 Å². The van der Waals surface area contributed by atoms with Gasteiger partial charge in [0, 0.05) is 33.9 Å². The Morgan fingerprint density at radius 1 is 0.955 bits per heavy atom. The second kappa shape index (κ2) is 8.86. The lowest BCUT2D eigenvalue weighted by atomic mass is 10.3. The van der Waals surface area contributed by atoms with E-state index in [0.29, 0.717) is 19.6 Å². The zero-order valence-corrected chi connectivity index (χ0v) is 14.3. The first kappa shape index (κ1) is 18.6. The van der Waals surface area contributed by atoms with E-state index in [2.05, 4.69) is 4.90 Å². The van der Waals surface area contributed by atoms with Crippen LogP contribution in [-0.2, 0) is 32.4 Å². The summed E-state index contributed by atoms with van der Waals surface area (Å²) in [6.45, 7) is 7.30. The Balaban J connectivity index is 2.66. The molecule has 0 radical (unpaired) electrons. The van der Waals surface area contributed by atoms with Crippen molar-refractivity contribution in [1.82, 2.24) is 4.90 Å². The highest BCUT2D eigenvalue weighted by Crippen LogP contribution is 2.20. The minimum Gasteiger partial charge on any atom is -0.455 e. The molecule has 0 N–H and O–H groups in total. The van der Waals surface area contributed by atoms with Crippen molar-refractivity contribution in [2.24, 2.45) is 0 Å². The van der Waals surface area contributed by atoms with Crippen LogP contribution in [0, 0.1) is 0 Å². The second-order valence-electron chi connectivity index (χ2n) is 5.02. The second-order valence-corrected chi connectivity index (χ2v) is 7.50. The van der Waals surface area contributed by atoms with Gasteiger partial charge in [-0.1, -0.05) is 0 Å². The summed E-state index contributed by atoms with van der Waals surface area (Å²) in [6.07, 6.45) is 0.583. The SMILES string of the molecule is CC(=O)O[Si](CCCN1CCOCC1)(OC(C)=O)OC(C)=O. The number of hydrogen-bond acceptors (Lipinski definition) is 8. The summed E-state index contributed by atoms with van der Waals surface area (Å²) in [5.74, 6) is -1.92. The van der Waals surface area contributed by atoms with E-state index in [9.17, 15) is 14.4 Å². The molecule has 0 unspecified atom stereocenters. The number of nitrogens with zero attached hydrogens (tertiary/aromatic N) is 1. The Labute approximate surface area is 131 Å². The van der Waals surface area contributed by atoms with E-state index in [0.717, 1.165) is 19.6 Å². The third-order valence-corrected chi connectivity index (χ3v) is 5.72. The highest BCUT2D eigenvalue weighted by molar-refractivity contribution is 6.65. The summed E-state index contributed by atoms with van der Waals surface area (Å²) in [5.41, 5.74) is 0. The van der Waals surface area contributed by atoms with Crippen LogP contribution in [0.2, 0.25) is 6.04 Å². The van der Waals surface area contributed by atoms with Crippen LogP contribution in [-0.4, -0.2) is 64.5 Å². The van der Waals surface area contributed by atoms with Crippen molar-refractivity contribution in [3.63, 3.8) is 0 Å². The Bertz CT molecular complexity index is 368. The summed E-state index contributed by atoms with van der Waals surface area (Å²) in [7, 11) is -3.68. The Morgan fingerprint density at radius 2 is 1.41 bits per heavy atom. The summed E-state index contributed by atoms with van der Waals surface area (Å²) in [4.78, 5) is 36.1. The first-order valence-electron chi connectivity index (χ1n) is 7.22. The molecule has 0 bridgehead atoms. The van der Waals surface area contributed by atoms with E-state index in [4.69, 9.17) is 18.0 Å². The predicted molar refractivity (Wildman–Crippen MR) is 77.7 cm³/mol. The van der Waals surface area contributed by atoms with Gasteiger partial charge in [-0.25, -0.2) is 0 Å². The Morgan fingerprint density at radius 3 is 1.82 bits per heavy atom. The molecule has 1 saturated heterocycles.